The quantitative estimate of drug-likeness (QED) is 0.420. The van der Waals surface area contributed by atoms with Gasteiger partial charge in [0.25, 0.3) is 11.5 Å². The Hall–Kier alpha value is -4.15. The Balaban J connectivity index is 1.27. The summed E-state index contributed by atoms with van der Waals surface area (Å²) in [5.74, 6) is -3.05. The zero-order valence-corrected chi connectivity index (χ0v) is 20.5. The number of imidazole rings is 1. The summed E-state index contributed by atoms with van der Waals surface area (Å²) >= 11 is 0. The van der Waals surface area contributed by atoms with Crippen molar-refractivity contribution in [1.29, 1.82) is 0 Å². The Morgan fingerprint density at radius 2 is 1.97 bits per heavy atom. The molecule has 4 heterocycles. The minimum absolute atomic E-state index is 0.0670. The number of halogens is 2. The second-order valence-corrected chi connectivity index (χ2v) is 10.8. The zero-order valence-electron chi connectivity index (χ0n) is 20.5. The van der Waals surface area contributed by atoms with Crippen LogP contribution in [0.2, 0.25) is 0 Å². The van der Waals surface area contributed by atoms with Crippen LogP contribution in [0.25, 0.3) is 16.9 Å². The number of H-pyrrole nitrogens is 2. The molecular formula is C27H24F2N6O3. The summed E-state index contributed by atoms with van der Waals surface area (Å²) in [5, 5.41) is 4.49. The fourth-order valence-electron chi connectivity index (χ4n) is 6.19. The van der Waals surface area contributed by atoms with Gasteiger partial charge in [0.2, 0.25) is 5.91 Å². The molecule has 2 atom stereocenters. The molecule has 2 saturated carbocycles. The summed E-state index contributed by atoms with van der Waals surface area (Å²) in [6.07, 6.45) is 7.77. The predicted molar refractivity (Wildman–Crippen MR) is 135 cm³/mol. The number of amides is 1. The van der Waals surface area contributed by atoms with Crippen LogP contribution in [0.1, 0.15) is 61.1 Å². The van der Waals surface area contributed by atoms with E-state index in [1.165, 1.54) is 11.1 Å². The molecule has 1 aromatic carbocycles. The highest BCUT2D eigenvalue weighted by atomic mass is 19.3. The number of nitrogens with zero attached hydrogens (tertiary/aromatic N) is 4. The maximum absolute atomic E-state index is 14.1. The molecule has 2 aliphatic carbocycles. The SMILES string of the molecule is CC(F)(F)CN1C(=O)C2(CCC2)c2ccc([C@H]3C[C@@H]3c3cc(-c4c[nH]c(=O)[nH]c4=O)nn4ccnc34)cc21. The first kappa shape index (κ1) is 23.0. The number of nitrogens with one attached hydrogen (secondary N) is 2. The molecule has 9 nitrogen and oxygen atoms in total. The first-order chi connectivity index (χ1) is 18.1. The molecule has 194 valence electrons. The van der Waals surface area contributed by atoms with E-state index in [1.807, 2.05) is 24.3 Å². The molecule has 0 radical (unpaired) electrons. The second kappa shape index (κ2) is 7.68. The van der Waals surface area contributed by atoms with Gasteiger partial charge in [0, 0.05) is 36.8 Å². The van der Waals surface area contributed by atoms with Gasteiger partial charge in [0.05, 0.1) is 23.2 Å². The molecule has 1 spiro atoms. The third-order valence-electron chi connectivity index (χ3n) is 8.23. The van der Waals surface area contributed by atoms with Crippen LogP contribution in [0.5, 0.6) is 0 Å². The van der Waals surface area contributed by atoms with E-state index in [0.717, 1.165) is 36.5 Å². The van der Waals surface area contributed by atoms with Crippen LogP contribution >= 0.6 is 0 Å². The summed E-state index contributed by atoms with van der Waals surface area (Å²) in [5.41, 5.74) is 2.84. The highest BCUT2D eigenvalue weighted by molar-refractivity contribution is 6.09. The molecule has 2 N–H and O–H groups in total. The number of aromatic nitrogens is 5. The van der Waals surface area contributed by atoms with Crippen molar-refractivity contribution in [2.75, 3.05) is 11.4 Å². The summed E-state index contributed by atoms with van der Waals surface area (Å²) in [6, 6.07) is 7.70. The summed E-state index contributed by atoms with van der Waals surface area (Å²) in [4.78, 5) is 47.6. The van der Waals surface area contributed by atoms with Crippen LogP contribution in [0, 0.1) is 0 Å². The first-order valence-electron chi connectivity index (χ1n) is 12.7. The largest absolute Gasteiger partial charge is 0.325 e. The van der Waals surface area contributed by atoms with Crippen LogP contribution < -0.4 is 16.1 Å². The van der Waals surface area contributed by atoms with Gasteiger partial charge in [0.1, 0.15) is 0 Å². The standard InChI is InChI=1S/C27H24F2N6O3/c1-26(28,29)13-34-21-9-14(3-4-19(21)27(24(34)37)5-2-6-27)15-10-16(15)17-11-20(33-35-8-7-30-22(17)35)18-12-31-25(38)32-23(18)36/h3-4,7-9,11-12,15-16H,2,5-6,10,13H2,1H3,(H2,31,32,36,38)/t15-,16+/m1/s1. The van der Waals surface area contributed by atoms with Crippen LogP contribution in [-0.4, -0.2) is 42.9 Å². The maximum Gasteiger partial charge on any atom is 0.325 e. The Morgan fingerprint density at radius 3 is 2.68 bits per heavy atom. The molecule has 0 bridgehead atoms. The van der Waals surface area contributed by atoms with Crippen molar-refractivity contribution >= 4 is 17.2 Å². The van der Waals surface area contributed by atoms with Crippen LogP contribution in [0.3, 0.4) is 0 Å². The minimum Gasteiger partial charge on any atom is -0.313 e. The van der Waals surface area contributed by atoms with Crippen LogP contribution in [0.4, 0.5) is 14.5 Å². The molecule has 0 saturated heterocycles. The number of aromatic amines is 2. The van der Waals surface area contributed by atoms with Gasteiger partial charge >= 0.3 is 5.69 Å². The van der Waals surface area contributed by atoms with Crippen molar-refractivity contribution < 1.29 is 13.6 Å². The van der Waals surface area contributed by atoms with Crippen molar-refractivity contribution in [3.05, 3.63) is 80.4 Å². The third kappa shape index (κ3) is 3.37. The summed E-state index contributed by atoms with van der Waals surface area (Å²) in [7, 11) is 0. The van der Waals surface area contributed by atoms with E-state index >= 15 is 0 Å². The van der Waals surface area contributed by atoms with Crippen molar-refractivity contribution in [2.24, 2.45) is 0 Å². The normalized spacial score (nSPS) is 21.7. The van der Waals surface area contributed by atoms with Gasteiger partial charge in [0.15, 0.2) is 5.65 Å². The molecule has 0 unspecified atom stereocenters. The number of alkyl halides is 2. The number of carbonyl (C=O) groups is 1. The predicted octanol–water partition coefficient (Wildman–Crippen LogP) is 3.47. The number of carbonyl (C=O) groups excluding carboxylic acids is 1. The van der Waals surface area contributed by atoms with E-state index in [1.54, 1.807) is 16.9 Å². The number of anilines is 1. The highest BCUT2D eigenvalue weighted by Gasteiger charge is 2.56. The van der Waals surface area contributed by atoms with E-state index in [2.05, 4.69) is 20.1 Å². The Morgan fingerprint density at radius 1 is 1.16 bits per heavy atom. The summed E-state index contributed by atoms with van der Waals surface area (Å²) < 4.78 is 29.7. The van der Waals surface area contributed by atoms with Crippen LogP contribution in [0.15, 0.2) is 52.4 Å². The fraction of sp³-hybridized carbons (Fsp3) is 0.370. The molecule has 38 heavy (non-hydrogen) atoms. The van der Waals surface area contributed by atoms with Gasteiger partial charge in [-0.3, -0.25) is 14.6 Å². The second-order valence-electron chi connectivity index (χ2n) is 10.8. The number of rotatable bonds is 5. The van der Waals surface area contributed by atoms with E-state index in [4.69, 9.17) is 0 Å². The minimum atomic E-state index is -3.00. The van der Waals surface area contributed by atoms with Crippen molar-refractivity contribution in [1.82, 2.24) is 24.6 Å². The topological polar surface area (TPSA) is 116 Å². The van der Waals surface area contributed by atoms with Gasteiger partial charge in [-0.25, -0.2) is 23.1 Å². The maximum atomic E-state index is 14.1. The Bertz CT molecular complexity index is 1750. The third-order valence-corrected chi connectivity index (χ3v) is 8.23. The van der Waals surface area contributed by atoms with E-state index in [0.29, 0.717) is 29.9 Å². The molecular weight excluding hydrogens is 494 g/mol. The lowest BCUT2D eigenvalue weighted by Crippen LogP contribution is -2.47. The smallest absolute Gasteiger partial charge is 0.313 e. The molecule has 2 fully saturated rings. The van der Waals surface area contributed by atoms with Crippen molar-refractivity contribution in [2.45, 2.75) is 55.8 Å². The van der Waals surface area contributed by atoms with E-state index in [9.17, 15) is 23.2 Å². The number of fused-ring (bicyclic) bond motifs is 3. The van der Waals surface area contributed by atoms with Crippen molar-refractivity contribution in [3.63, 3.8) is 0 Å². The molecule has 1 aliphatic heterocycles. The zero-order chi connectivity index (χ0) is 26.4. The number of hydrogen-bond donors (Lipinski definition) is 2. The molecule has 3 aliphatic rings. The lowest BCUT2D eigenvalue weighted by molar-refractivity contribution is -0.127. The van der Waals surface area contributed by atoms with Gasteiger partial charge in [-0.1, -0.05) is 18.6 Å². The average molecular weight is 519 g/mol. The number of benzene rings is 1. The lowest BCUT2D eigenvalue weighted by Gasteiger charge is -2.37. The molecule has 4 aromatic rings. The Kier molecular flexibility index (Phi) is 4.65. The molecule has 3 aromatic heterocycles. The van der Waals surface area contributed by atoms with Gasteiger partial charge in [-0.15, -0.1) is 0 Å². The van der Waals surface area contributed by atoms with Gasteiger partial charge < -0.3 is 9.88 Å². The monoisotopic (exact) mass is 518 g/mol. The number of hydrogen-bond acceptors (Lipinski definition) is 5. The van der Waals surface area contributed by atoms with Crippen molar-refractivity contribution in [3.8, 4) is 11.3 Å². The lowest BCUT2D eigenvalue weighted by atomic mass is 9.65. The highest BCUT2D eigenvalue weighted by Crippen LogP contribution is 2.59. The average Bonchev–Trinajstić information content (AvgIpc) is 3.41. The fourth-order valence-corrected chi connectivity index (χ4v) is 6.19. The van der Waals surface area contributed by atoms with E-state index < -0.39 is 29.1 Å². The first-order valence-corrected chi connectivity index (χ1v) is 12.7. The van der Waals surface area contributed by atoms with Crippen LogP contribution in [-0.2, 0) is 10.2 Å². The summed E-state index contributed by atoms with van der Waals surface area (Å²) in [6.45, 7) is 0.213. The molecule has 1 amide bonds. The molecule has 7 rings (SSSR count). The molecule has 11 heteroatoms. The van der Waals surface area contributed by atoms with Gasteiger partial charge in [-0.2, -0.15) is 5.10 Å². The van der Waals surface area contributed by atoms with Gasteiger partial charge in [-0.05, 0) is 54.4 Å². The van der Waals surface area contributed by atoms with E-state index in [-0.39, 0.29) is 23.3 Å². The Labute approximate surface area is 214 Å².